The number of aliphatic hydroxyl groups is 1. The Labute approximate surface area is 114 Å². The zero-order valence-corrected chi connectivity index (χ0v) is 12.2. The first-order valence-electron chi connectivity index (χ1n) is 6.13. The number of methoxy groups -OCH3 is 3. The highest BCUT2D eigenvalue weighted by atomic mass is 16.5. The maximum Gasteiger partial charge on any atom is 0.164 e. The average molecular weight is 269 g/mol. The van der Waals surface area contributed by atoms with E-state index in [1.165, 1.54) is 0 Å². The molecule has 1 rings (SSSR count). The van der Waals surface area contributed by atoms with Crippen molar-refractivity contribution >= 4 is 0 Å². The van der Waals surface area contributed by atoms with Crippen molar-refractivity contribution in [2.75, 3.05) is 27.9 Å². The molecule has 0 unspecified atom stereocenters. The molecule has 0 aliphatic carbocycles. The highest BCUT2D eigenvalue weighted by molar-refractivity contribution is 5.50. The summed E-state index contributed by atoms with van der Waals surface area (Å²) in [4.78, 5) is 0. The molecule has 0 fully saturated rings. The number of benzene rings is 1. The molecule has 0 atom stereocenters. The van der Waals surface area contributed by atoms with Crippen LogP contribution in [-0.4, -0.2) is 38.6 Å². The summed E-state index contributed by atoms with van der Waals surface area (Å²) in [5.41, 5.74) is 0.202. The highest BCUT2D eigenvalue weighted by Gasteiger charge is 2.14. The van der Waals surface area contributed by atoms with Gasteiger partial charge in [0.15, 0.2) is 11.5 Å². The fraction of sp³-hybridized carbons (Fsp3) is 0.571. The molecule has 0 amide bonds. The Hall–Kier alpha value is -1.46. The maximum absolute atomic E-state index is 9.67. The third-order valence-corrected chi connectivity index (χ3v) is 2.66. The average Bonchev–Trinajstić information content (AvgIpc) is 2.36. The molecular formula is C14H23NO4. The topological polar surface area (TPSA) is 60.0 Å². The van der Waals surface area contributed by atoms with Crippen LogP contribution in [0.5, 0.6) is 17.2 Å². The summed E-state index contributed by atoms with van der Waals surface area (Å²) in [6.45, 7) is 4.58. The van der Waals surface area contributed by atoms with Gasteiger partial charge in [-0.05, 0) is 19.9 Å². The molecular weight excluding hydrogens is 246 g/mol. The number of hydrogen-bond acceptors (Lipinski definition) is 5. The van der Waals surface area contributed by atoms with Crippen molar-refractivity contribution in [1.29, 1.82) is 0 Å². The largest absolute Gasteiger partial charge is 0.496 e. The lowest BCUT2D eigenvalue weighted by Gasteiger charge is -2.19. The lowest BCUT2D eigenvalue weighted by Crippen LogP contribution is -2.34. The Bertz CT molecular complexity index is 413. The molecule has 0 aliphatic rings. The molecule has 2 N–H and O–H groups in total. The number of hydrogen-bond donors (Lipinski definition) is 2. The van der Waals surface area contributed by atoms with Crippen LogP contribution in [0.2, 0.25) is 0 Å². The van der Waals surface area contributed by atoms with E-state index in [9.17, 15) is 5.11 Å². The standard InChI is InChI=1S/C14H23NO4/c1-14(2,16)9-15-8-10-6-12(18-4)13(19-5)7-11(10)17-3/h6-7,15-16H,8-9H2,1-5H3. The summed E-state index contributed by atoms with van der Waals surface area (Å²) < 4.78 is 15.8. The van der Waals surface area contributed by atoms with Gasteiger partial charge in [0, 0.05) is 24.7 Å². The predicted molar refractivity (Wildman–Crippen MR) is 74.1 cm³/mol. The van der Waals surface area contributed by atoms with Crippen LogP contribution < -0.4 is 19.5 Å². The Morgan fingerprint density at radius 3 is 2.00 bits per heavy atom. The summed E-state index contributed by atoms with van der Waals surface area (Å²) >= 11 is 0. The van der Waals surface area contributed by atoms with Crippen molar-refractivity contribution in [3.63, 3.8) is 0 Å². The van der Waals surface area contributed by atoms with Crippen LogP contribution in [0.15, 0.2) is 12.1 Å². The Morgan fingerprint density at radius 2 is 1.53 bits per heavy atom. The first-order valence-corrected chi connectivity index (χ1v) is 6.13. The van der Waals surface area contributed by atoms with Gasteiger partial charge in [-0.15, -0.1) is 0 Å². The maximum atomic E-state index is 9.67. The predicted octanol–water partition coefficient (Wildman–Crippen LogP) is 1.57. The zero-order chi connectivity index (χ0) is 14.5. The molecule has 19 heavy (non-hydrogen) atoms. The summed E-state index contributed by atoms with van der Waals surface area (Å²) in [6.07, 6.45) is 0. The van der Waals surface area contributed by atoms with Gasteiger partial charge < -0.3 is 24.6 Å². The van der Waals surface area contributed by atoms with Crippen LogP contribution in [0.3, 0.4) is 0 Å². The highest BCUT2D eigenvalue weighted by Crippen LogP contribution is 2.34. The summed E-state index contributed by atoms with van der Waals surface area (Å²) in [6, 6.07) is 3.66. The summed E-state index contributed by atoms with van der Waals surface area (Å²) in [7, 11) is 4.79. The van der Waals surface area contributed by atoms with E-state index >= 15 is 0 Å². The lowest BCUT2D eigenvalue weighted by molar-refractivity contribution is 0.0794. The van der Waals surface area contributed by atoms with Crippen molar-refractivity contribution in [3.8, 4) is 17.2 Å². The van der Waals surface area contributed by atoms with E-state index in [1.54, 1.807) is 41.2 Å². The molecule has 1 aromatic rings. The van der Waals surface area contributed by atoms with Crippen molar-refractivity contribution in [1.82, 2.24) is 5.32 Å². The summed E-state index contributed by atoms with van der Waals surface area (Å²) in [5.74, 6) is 2.01. The van der Waals surface area contributed by atoms with Crippen molar-refractivity contribution in [2.24, 2.45) is 0 Å². The number of ether oxygens (including phenoxy) is 3. The fourth-order valence-corrected chi connectivity index (χ4v) is 1.73. The van der Waals surface area contributed by atoms with E-state index in [2.05, 4.69) is 5.32 Å². The van der Waals surface area contributed by atoms with Crippen LogP contribution in [-0.2, 0) is 6.54 Å². The van der Waals surface area contributed by atoms with E-state index in [0.717, 1.165) is 11.3 Å². The first kappa shape index (κ1) is 15.6. The van der Waals surface area contributed by atoms with Gasteiger partial charge in [-0.2, -0.15) is 0 Å². The molecule has 0 bridgehead atoms. The van der Waals surface area contributed by atoms with Crippen molar-refractivity contribution < 1.29 is 19.3 Å². The van der Waals surface area contributed by atoms with Gasteiger partial charge in [0.25, 0.3) is 0 Å². The molecule has 108 valence electrons. The van der Waals surface area contributed by atoms with Gasteiger partial charge in [-0.25, -0.2) is 0 Å². The van der Waals surface area contributed by atoms with Crippen LogP contribution >= 0.6 is 0 Å². The number of nitrogens with one attached hydrogen (secondary N) is 1. The van der Waals surface area contributed by atoms with Gasteiger partial charge in [-0.1, -0.05) is 0 Å². The van der Waals surface area contributed by atoms with E-state index in [-0.39, 0.29) is 0 Å². The second-order valence-corrected chi connectivity index (χ2v) is 4.94. The Balaban J connectivity index is 2.86. The van der Waals surface area contributed by atoms with E-state index in [0.29, 0.717) is 24.6 Å². The molecule has 0 saturated carbocycles. The third-order valence-electron chi connectivity index (χ3n) is 2.66. The monoisotopic (exact) mass is 269 g/mol. The van der Waals surface area contributed by atoms with E-state index in [4.69, 9.17) is 14.2 Å². The summed E-state index contributed by atoms with van der Waals surface area (Å²) in [5, 5.41) is 12.8. The van der Waals surface area contributed by atoms with Gasteiger partial charge in [0.1, 0.15) is 5.75 Å². The smallest absolute Gasteiger partial charge is 0.164 e. The second kappa shape index (κ2) is 6.63. The van der Waals surface area contributed by atoms with Gasteiger partial charge in [0.2, 0.25) is 0 Å². The minimum Gasteiger partial charge on any atom is -0.496 e. The number of rotatable bonds is 7. The van der Waals surface area contributed by atoms with E-state index in [1.807, 2.05) is 6.07 Å². The normalized spacial score (nSPS) is 11.3. The fourth-order valence-electron chi connectivity index (χ4n) is 1.73. The Morgan fingerprint density at radius 1 is 1.00 bits per heavy atom. The lowest BCUT2D eigenvalue weighted by atomic mass is 10.1. The molecule has 0 aromatic heterocycles. The second-order valence-electron chi connectivity index (χ2n) is 4.94. The van der Waals surface area contributed by atoms with Gasteiger partial charge in [0.05, 0.1) is 26.9 Å². The molecule has 5 heteroatoms. The molecule has 0 saturated heterocycles. The Kier molecular flexibility index (Phi) is 5.44. The van der Waals surface area contributed by atoms with Crippen LogP contribution in [0.25, 0.3) is 0 Å². The van der Waals surface area contributed by atoms with Crippen LogP contribution in [0.1, 0.15) is 19.4 Å². The van der Waals surface area contributed by atoms with E-state index < -0.39 is 5.60 Å². The zero-order valence-electron chi connectivity index (χ0n) is 12.2. The molecule has 5 nitrogen and oxygen atoms in total. The van der Waals surface area contributed by atoms with Crippen molar-refractivity contribution in [2.45, 2.75) is 26.0 Å². The van der Waals surface area contributed by atoms with Gasteiger partial charge in [-0.3, -0.25) is 0 Å². The quantitative estimate of drug-likeness (QED) is 0.787. The SMILES string of the molecule is COc1cc(OC)c(OC)cc1CNCC(C)(C)O. The van der Waals surface area contributed by atoms with Crippen LogP contribution in [0, 0.1) is 0 Å². The van der Waals surface area contributed by atoms with Gasteiger partial charge >= 0.3 is 0 Å². The van der Waals surface area contributed by atoms with Crippen LogP contribution in [0.4, 0.5) is 0 Å². The molecule has 1 aromatic carbocycles. The molecule has 0 radical (unpaired) electrons. The van der Waals surface area contributed by atoms with Crippen molar-refractivity contribution in [3.05, 3.63) is 17.7 Å². The molecule has 0 heterocycles. The first-order chi connectivity index (χ1) is 8.91. The molecule has 0 spiro atoms. The minimum absolute atomic E-state index is 0.491. The molecule has 0 aliphatic heterocycles. The minimum atomic E-state index is -0.746. The third kappa shape index (κ3) is 4.61.